The van der Waals surface area contributed by atoms with Crippen LogP contribution in [-0.4, -0.2) is 10.8 Å². The van der Waals surface area contributed by atoms with Crippen molar-refractivity contribution in [3.8, 4) is 28.2 Å². The highest BCUT2D eigenvalue weighted by Crippen LogP contribution is 2.32. The third-order valence-corrected chi connectivity index (χ3v) is 5.65. The monoisotopic (exact) mass is 383 g/mol. The van der Waals surface area contributed by atoms with Gasteiger partial charge in [-0.15, -0.1) is 11.8 Å². The summed E-state index contributed by atoms with van der Waals surface area (Å²) < 4.78 is 2.19. The Bertz CT molecular complexity index is 1150. The highest BCUT2D eigenvalue weighted by atomic mass is 32.2. The van der Waals surface area contributed by atoms with E-state index in [0.29, 0.717) is 0 Å². The molecule has 28 heavy (non-hydrogen) atoms. The van der Waals surface area contributed by atoms with Crippen molar-refractivity contribution in [1.29, 1.82) is 0 Å². The number of nitrogens with zero attached hydrogens (tertiary/aromatic N) is 1. The molecule has 0 aliphatic rings. The molecular weight excluding hydrogens is 362 g/mol. The average Bonchev–Trinajstić information content (AvgIpc) is 2.76. The zero-order chi connectivity index (χ0) is 19.5. The Kier molecular flexibility index (Phi) is 5.18. The van der Waals surface area contributed by atoms with Gasteiger partial charge < -0.3 is 4.57 Å². The number of pyridine rings is 1. The van der Waals surface area contributed by atoms with Crippen LogP contribution in [0.3, 0.4) is 0 Å². The minimum atomic E-state index is 0.0509. The number of benzene rings is 3. The van der Waals surface area contributed by atoms with Crippen LogP contribution in [0.5, 0.6) is 0 Å². The van der Waals surface area contributed by atoms with Gasteiger partial charge in [0.05, 0.1) is 11.4 Å². The summed E-state index contributed by atoms with van der Waals surface area (Å²) in [5.41, 5.74) is 5.72. The van der Waals surface area contributed by atoms with Gasteiger partial charge >= 0.3 is 0 Å². The number of hydrogen-bond acceptors (Lipinski definition) is 2. The van der Waals surface area contributed by atoms with Crippen LogP contribution in [0.4, 0.5) is 0 Å². The summed E-state index contributed by atoms with van der Waals surface area (Å²) in [6, 6.07) is 30.5. The Morgan fingerprint density at radius 3 is 1.96 bits per heavy atom. The van der Waals surface area contributed by atoms with Crippen LogP contribution >= 0.6 is 11.8 Å². The van der Waals surface area contributed by atoms with Crippen molar-refractivity contribution in [2.75, 3.05) is 6.26 Å². The fraction of sp³-hybridized carbons (Fsp3) is 0.0800. The molecule has 0 fully saturated rings. The number of thioether (sulfide) groups is 1. The molecule has 0 atom stereocenters. The SMILES string of the molecule is CSc1ccc(-c2c(C)c(=O)cc(-c3ccccc3)n2-c2ccccc2)cc1. The fourth-order valence-corrected chi connectivity index (χ4v) is 3.87. The number of hydrogen-bond donors (Lipinski definition) is 0. The van der Waals surface area contributed by atoms with E-state index in [2.05, 4.69) is 47.2 Å². The van der Waals surface area contributed by atoms with Gasteiger partial charge in [0.1, 0.15) is 0 Å². The van der Waals surface area contributed by atoms with E-state index in [-0.39, 0.29) is 5.43 Å². The molecule has 0 aliphatic carbocycles. The van der Waals surface area contributed by atoms with Gasteiger partial charge in [0.2, 0.25) is 0 Å². The van der Waals surface area contributed by atoms with Crippen molar-refractivity contribution in [3.05, 3.63) is 107 Å². The molecule has 0 saturated carbocycles. The van der Waals surface area contributed by atoms with Crippen LogP contribution in [-0.2, 0) is 0 Å². The molecule has 3 heteroatoms. The predicted molar refractivity (Wildman–Crippen MR) is 119 cm³/mol. The summed E-state index contributed by atoms with van der Waals surface area (Å²) in [7, 11) is 0. The summed E-state index contributed by atoms with van der Waals surface area (Å²) >= 11 is 1.71. The molecule has 0 N–H and O–H groups in total. The Balaban J connectivity index is 2.09. The molecule has 0 unspecified atom stereocenters. The molecular formula is C25H21NOS. The van der Waals surface area contributed by atoms with Crippen LogP contribution in [0.1, 0.15) is 5.56 Å². The second-order valence-corrected chi connectivity index (χ2v) is 7.51. The topological polar surface area (TPSA) is 22.0 Å². The Morgan fingerprint density at radius 1 is 0.750 bits per heavy atom. The van der Waals surface area contributed by atoms with Crippen molar-refractivity contribution in [3.63, 3.8) is 0 Å². The van der Waals surface area contributed by atoms with E-state index in [1.807, 2.05) is 55.5 Å². The summed E-state index contributed by atoms with van der Waals surface area (Å²) in [4.78, 5) is 14.1. The smallest absolute Gasteiger partial charge is 0.185 e. The van der Waals surface area contributed by atoms with E-state index < -0.39 is 0 Å². The maximum absolute atomic E-state index is 12.9. The zero-order valence-electron chi connectivity index (χ0n) is 15.9. The van der Waals surface area contributed by atoms with E-state index in [4.69, 9.17) is 0 Å². The first kappa shape index (κ1) is 18.3. The van der Waals surface area contributed by atoms with Crippen molar-refractivity contribution in [2.45, 2.75) is 11.8 Å². The molecule has 4 aromatic rings. The molecule has 3 aromatic carbocycles. The van der Waals surface area contributed by atoms with Gasteiger partial charge in [0.15, 0.2) is 5.43 Å². The van der Waals surface area contributed by atoms with E-state index in [1.54, 1.807) is 17.8 Å². The standard InChI is InChI=1S/C25H21NOS/c1-18-24(27)17-23(19-9-5-3-6-10-19)26(21-11-7-4-8-12-21)25(18)20-13-15-22(28-2)16-14-20/h3-17H,1-2H3. The van der Waals surface area contributed by atoms with E-state index >= 15 is 0 Å². The average molecular weight is 384 g/mol. The first-order valence-electron chi connectivity index (χ1n) is 9.21. The molecule has 4 rings (SSSR count). The lowest BCUT2D eigenvalue weighted by molar-refractivity contribution is 1.04. The van der Waals surface area contributed by atoms with Crippen molar-refractivity contribution >= 4 is 11.8 Å². The lowest BCUT2D eigenvalue weighted by atomic mass is 10.0. The van der Waals surface area contributed by atoms with Gasteiger partial charge in [-0.25, -0.2) is 0 Å². The second-order valence-electron chi connectivity index (χ2n) is 6.63. The molecule has 0 spiro atoms. The Morgan fingerprint density at radius 2 is 1.36 bits per heavy atom. The highest BCUT2D eigenvalue weighted by molar-refractivity contribution is 7.98. The molecule has 0 aliphatic heterocycles. The quantitative estimate of drug-likeness (QED) is 0.391. The summed E-state index contributed by atoms with van der Waals surface area (Å²) in [5, 5.41) is 0. The van der Waals surface area contributed by atoms with Crippen LogP contribution < -0.4 is 5.43 Å². The lowest BCUT2D eigenvalue weighted by Gasteiger charge is -2.21. The van der Waals surface area contributed by atoms with Crippen LogP contribution in [0, 0.1) is 6.92 Å². The number of para-hydroxylation sites is 1. The molecule has 1 aromatic heterocycles. The molecule has 2 nitrogen and oxygen atoms in total. The van der Waals surface area contributed by atoms with Gasteiger partial charge in [-0.1, -0.05) is 60.7 Å². The Labute approximate surface area is 169 Å². The van der Waals surface area contributed by atoms with Crippen molar-refractivity contribution in [1.82, 2.24) is 4.57 Å². The Hall–Kier alpha value is -3.04. The van der Waals surface area contributed by atoms with Crippen molar-refractivity contribution < 1.29 is 0 Å². The molecule has 0 saturated heterocycles. The summed E-state index contributed by atoms with van der Waals surface area (Å²) in [5.74, 6) is 0. The normalized spacial score (nSPS) is 10.8. The van der Waals surface area contributed by atoms with Gasteiger partial charge in [-0.2, -0.15) is 0 Å². The minimum absolute atomic E-state index is 0.0509. The van der Waals surface area contributed by atoms with E-state index in [1.165, 1.54) is 4.90 Å². The maximum Gasteiger partial charge on any atom is 0.185 e. The predicted octanol–water partition coefficient (Wildman–Crippen LogP) is 6.20. The maximum atomic E-state index is 12.9. The van der Waals surface area contributed by atoms with Crippen molar-refractivity contribution in [2.24, 2.45) is 0 Å². The second kappa shape index (κ2) is 7.91. The summed E-state index contributed by atoms with van der Waals surface area (Å²) in [6.45, 7) is 1.91. The van der Waals surface area contributed by atoms with Gasteiger partial charge in [0.25, 0.3) is 0 Å². The number of rotatable bonds is 4. The molecule has 0 bridgehead atoms. The minimum Gasteiger partial charge on any atom is -0.309 e. The summed E-state index contributed by atoms with van der Waals surface area (Å²) in [6.07, 6.45) is 2.07. The highest BCUT2D eigenvalue weighted by Gasteiger charge is 2.17. The molecule has 1 heterocycles. The van der Waals surface area contributed by atoms with Crippen LogP contribution in [0.2, 0.25) is 0 Å². The largest absolute Gasteiger partial charge is 0.309 e. The molecule has 0 radical (unpaired) electrons. The van der Waals surface area contributed by atoms with Crippen LogP contribution in [0.15, 0.2) is 101 Å². The first-order valence-corrected chi connectivity index (χ1v) is 10.4. The number of aromatic nitrogens is 1. The van der Waals surface area contributed by atoms with Gasteiger partial charge in [0, 0.05) is 22.2 Å². The van der Waals surface area contributed by atoms with E-state index in [0.717, 1.165) is 33.8 Å². The lowest BCUT2D eigenvalue weighted by Crippen LogP contribution is -2.15. The molecule has 0 amide bonds. The third kappa shape index (κ3) is 3.41. The fourth-order valence-electron chi connectivity index (χ4n) is 3.46. The van der Waals surface area contributed by atoms with E-state index in [9.17, 15) is 4.79 Å². The van der Waals surface area contributed by atoms with Gasteiger partial charge in [-0.05, 0) is 48.6 Å². The molecule has 138 valence electrons. The van der Waals surface area contributed by atoms with Gasteiger partial charge in [-0.3, -0.25) is 4.79 Å². The first-order chi connectivity index (χ1) is 13.7. The van der Waals surface area contributed by atoms with Crippen LogP contribution in [0.25, 0.3) is 28.2 Å². The zero-order valence-corrected chi connectivity index (χ0v) is 16.7. The third-order valence-electron chi connectivity index (χ3n) is 4.90.